The monoisotopic (exact) mass is 401 g/mol. The molecule has 7 nitrogen and oxygen atoms in total. The third kappa shape index (κ3) is 6.76. The van der Waals surface area contributed by atoms with E-state index in [0.29, 0.717) is 23.8 Å². The van der Waals surface area contributed by atoms with Crippen LogP contribution in [0.25, 0.3) is 0 Å². The molecule has 0 aromatic heterocycles. The number of ether oxygens (including phenoxy) is 1. The van der Waals surface area contributed by atoms with Gasteiger partial charge in [-0.05, 0) is 49.4 Å². The van der Waals surface area contributed by atoms with Gasteiger partial charge in [0.2, 0.25) is 17.7 Å². The number of amides is 3. The van der Waals surface area contributed by atoms with E-state index in [1.807, 2.05) is 0 Å². The van der Waals surface area contributed by atoms with Crippen LogP contribution in [0.15, 0.2) is 24.3 Å². The number of nitrogens with zero attached hydrogens (tertiary/aromatic N) is 1. The molecule has 2 fully saturated rings. The molecule has 158 valence electrons. The normalized spacial score (nSPS) is 16.3. The second-order valence-corrected chi connectivity index (χ2v) is 8.00. The van der Waals surface area contributed by atoms with E-state index >= 15 is 0 Å². The van der Waals surface area contributed by atoms with Gasteiger partial charge >= 0.3 is 0 Å². The van der Waals surface area contributed by atoms with Crippen molar-refractivity contribution in [1.29, 1.82) is 0 Å². The van der Waals surface area contributed by atoms with Crippen LogP contribution in [0.3, 0.4) is 0 Å². The molecule has 2 saturated carbocycles. The molecule has 1 aromatic rings. The van der Waals surface area contributed by atoms with E-state index in [-0.39, 0.29) is 36.9 Å². The number of benzene rings is 1. The van der Waals surface area contributed by atoms with Crippen molar-refractivity contribution in [3.05, 3.63) is 24.3 Å². The van der Waals surface area contributed by atoms with Crippen molar-refractivity contribution in [2.45, 2.75) is 57.4 Å². The molecule has 0 unspecified atom stereocenters. The van der Waals surface area contributed by atoms with Crippen LogP contribution in [0.5, 0.6) is 5.75 Å². The molecule has 0 heterocycles. The van der Waals surface area contributed by atoms with Gasteiger partial charge in [0.1, 0.15) is 5.75 Å². The summed E-state index contributed by atoms with van der Waals surface area (Å²) in [4.78, 5) is 38.6. The maximum atomic E-state index is 12.6. The number of anilines is 1. The standard InChI is InChI=1S/C22H31N3O4/c1-29-19-11-7-17(8-12-19)24-20(26)14-23-21(27)15-25(18-9-10-18)22(28)13-6-16-4-2-3-5-16/h7-8,11-12,16,18H,2-6,9-10,13-15H2,1H3,(H,23,27)(H,24,26). The molecule has 29 heavy (non-hydrogen) atoms. The number of hydrogen-bond donors (Lipinski definition) is 2. The predicted molar refractivity (Wildman–Crippen MR) is 111 cm³/mol. The minimum absolute atomic E-state index is 0.0317. The summed E-state index contributed by atoms with van der Waals surface area (Å²) in [5, 5.41) is 5.34. The number of carbonyl (C=O) groups excluding carboxylic acids is 3. The largest absolute Gasteiger partial charge is 0.497 e. The first-order valence-corrected chi connectivity index (χ1v) is 10.5. The number of nitrogens with one attached hydrogen (secondary N) is 2. The number of carbonyl (C=O) groups is 3. The fourth-order valence-electron chi connectivity index (χ4n) is 3.85. The SMILES string of the molecule is COc1ccc(NC(=O)CNC(=O)CN(C(=O)CCC2CCCC2)C2CC2)cc1. The Bertz CT molecular complexity index is 709. The topological polar surface area (TPSA) is 87.7 Å². The second kappa shape index (κ2) is 10.3. The first-order chi connectivity index (χ1) is 14.0. The molecular formula is C22H31N3O4. The Morgan fingerprint density at radius 2 is 1.72 bits per heavy atom. The number of rotatable bonds is 10. The Balaban J connectivity index is 1.40. The van der Waals surface area contributed by atoms with Crippen LogP contribution in [0.1, 0.15) is 51.4 Å². The molecule has 0 bridgehead atoms. The van der Waals surface area contributed by atoms with E-state index in [1.54, 1.807) is 36.3 Å². The van der Waals surface area contributed by atoms with Crippen LogP contribution in [-0.2, 0) is 14.4 Å². The maximum Gasteiger partial charge on any atom is 0.243 e. The van der Waals surface area contributed by atoms with E-state index in [9.17, 15) is 14.4 Å². The highest BCUT2D eigenvalue weighted by Crippen LogP contribution is 2.31. The van der Waals surface area contributed by atoms with Gasteiger partial charge in [0.25, 0.3) is 0 Å². The van der Waals surface area contributed by atoms with Crippen molar-refractivity contribution in [2.24, 2.45) is 5.92 Å². The molecule has 0 radical (unpaired) electrons. The summed E-state index contributed by atoms with van der Waals surface area (Å²) < 4.78 is 5.08. The molecule has 0 spiro atoms. The van der Waals surface area contributed by atoms with Crippen LogP contribution < -0.4 is 15.4 Å². The molecule has 1 aromatic carbocycles. The van der Waals surface area contributed by atoms with Gasteiger partial charge in [-0.25, -0.2) is 0 Å². The average molecular weight is 402 g/mol. The summed E-state index contributed by atoms with van der Waals surface area (Å²) >= 11 is 0. The Morgan fingerprint density at radius 3 is 2.34 bits per heavy atom. The Hall–Kier alpha value is -2.57. The lowest BCUT2D eigenvalue weighted by Gasteiger charge is -2.22. The molecule has 2 N–H and O–H groups in total. The van der Waals surface area contributed by atoms with Crippen molar-refractivity contribution in [3.8, 4) is 5.75 Å². The highest BCUT2D eigenvalue weighted by Gasteiger charge is 2.33. The summed E-state index contributed by atoms with van der Waals surface area (Å²) in [5.41, 5.74) is 0.631. The fraction of sp³-hybridized carbons (Fsp3) is 0.591. The third-order valence-corrected chi connectivity index (χ3v) is 5.68. The quantitative estimate of drug-likeness (QED) is 0.631. The minimum Gasteiger partial charge on any atom is -0.497 e. The number of methoxy groups -OCH3 is 1. The second-order valence-electron chi connectivity index (χ2n) is 8.00. The zero-order valence-corrected chi connectivity index (χ0v) is 17.1. The van der Waals surface area contributed by atoms with E-state index in [1.165, 1.54) is 25.7 Å². The fourth-order valence-corrected chi connectivity index (χ4v) is 3.85. The van der Waals surface area contributed by atoms with Gasteiger partial charge in [-0.15, -0.1) is 0 Å². The minimum atomic E-state index is -0.311. The summed E-state index contributed by atoms with van der Waals surface area (Å²) in [7, 11) is 1.58. The summed E-state index contributed by atoms with van der Waals surface area (Å²) in [5.74, 6) is 0.826. The molecule has 0 aliphatic heterocycles. The van der Waals surface area contributed by atoms with Gasteiger partial charge in [-0.1, -0.05) is 25.7 Å². The molecule has 3 rings (SSSR count). The molecule has 0 saturated heterocycles. The zero-order chi connectivity index (χ0) is 20.6. The van der Waals surface area contributed by atoms with Gasteiger partial charge < -0.3 is 20.3 Å². The van der Waals surface area contributed by atoms with E-state index in [2.05, 4.69) is 10.6 Å². The highest BCUT2D eigenvalue weighted by atomic mass is 16.5. The van der Waals surface area contributed by atoms with Crippen LogP contribution in [0, 0.1) is 5.92 Å². The molecule has 2 aliphatic carbocycles. The molecular weight excluding hydrogens is 370 g/mol. The van der Waals surface area contributed by atoms with E-state index < -0.39 is 0 Å². The molecule has 2 aliphatic rings. The van der Waals surface area contributed by atoms with Gasteiger partial charge in [-0.2, -0.15) is 0 Å². The van der Waals surface area contributed by atoms with E-state index in [4.69, 9.17) is 4.74 Å². The summed E-state index contributed by atoms with van der Waals surface area (Å²) in [6, 6.07) is 7.15. The van der Waals surface area contributed by atoms with Crippen molar-refractivity contribution in [3.63, 3.8) is 0 Å². The zero-order valence-electron chi connectivity index (χ0n) is 17.1. The maximum absolute atomic E-state index is 12.6. The predicted octanol–water partition coefficient (Wildman–Crippen LogP) is 2.71. The lowest BCUT2D eigenvalue weighted by Crippen LogP contribution is -2.43. The molecule has 7 heteroatoms. The first kappa shape index (κ1) is 21.1. The summed E-state index contributed by atoms with van der Waals surface area (Å²) in [6.45, 7) is -0.0936. The van der Waals surface area contributed by atoms with E-state index in [0.717, 1.165) is 19.3 Å². The van der Waals surface area contributed by atoms with Crippen LogP contribution in [-0.4, -0.2) is 48.9 Å². The van der Waals surface area contributed by atoms with Gasteiger partial charge in [-0.3, -0.25) is 14.4 Å². The number of hydrogen-bond acceptors (Lipinski definition) is 4. The Kier molecular flexibility index (Phi) is 7.49. The van der Waals surface area contributed by atoms with Crippen molar-refractivity contribution in [2.75, 3.05) is 25.5 Å². The summed E-state index contributed by atoms with van der Waals surface area (Å²) in [6.07, 6.45) is 8.35. The average Bonchev–Trinajstić information content (AvgIpc) is 3.43. The van der Waals surface area contributed by atoms with Crippen LogP contribution in [0.2, 0.25) is 0 Å². The van der Waals surface area contributed by atoms with Gasteiger partial charge in [0.05, 0.1) is 20.2 Å². The molecule has 3 amide bonds. The van der Waals surface area contributed by atoms with Crippen LogP contribution in [0.4, 0.5) is 5.69 Å². The lowest BCUT2D eigenvalue weighted by molar-refractivity contribution is -0.137. The Morgan fingerprint density at radius 1 is 1.03 bits per heavy atom. The van der Waals surface area contributed by atoms with Crippen molar-refractivity contribution >= 4 is 23.4 Å². The first-order valence-electron chi connectivity index (χ1n) is 10.5. The third-order valence-electron chi connectivity index (χ3n) is 5.68. The highest BCUT2D eigenvalue weighted by molar-refractivity contribution is 5.95. The van der Waals surface area contributed by atoms with Gasteiger partial charge in [0.15, 0.2) is 0 Å². The van der Waals surface area contributed by atoms with Crippen LogP contribution >= 0.6 is 0 Å². The Labute approximate surface area is 172 Å². The van der Waals surface area contributed by atoms with Crippen molar-refractivity contribution < 1.29 is 19.1 Å². The lowest BCUT2D eigenvalue weighted by atomic mass is 10.0. The van der Waals surface area contributed by atoms with Gasteiger partial charge in [0, 0.05) is 18.2 Å². The van der Waals surface area contributed by atoms with Crippen molar-refractivity contribution in [1.82, 2.24) is 10.2 Å². The molecule has 0 atom stereocenters. The smallest absolute Gasteiger partial charge is 0.243 e.